The smallest absolute Gasteiger partial charge is 0.161 e. The quantitative estimate of drug-likeness (QED) is 0.721. The van der Waals surface area contributed by atoms with Gasteiger partial charge in [-0.1, -0.05) is 36.4 Å². The molecule has 2 aromatic rings. The van der Waals surface area contributed by atoms with Gasteiger partial charge in [0, 0.05) is 32.2 Å². The molecule has 1 aliphatic heterocycles. The highest BCUT2D eigenvalue weighted by Crippen LogP contribution is 2.29. The Morgan fingerprint density at radius 3 is 2.71 bits per heavy atom. The molecule has 1 atom stereocenters. The van der Waals surface area contributed by atoms with Crippen LogP contribution in [-0.2, 0) is 17.9 Å². The van der Waals surface area contributed by atoms with Gasteiger partial charge in [-0.2, -0.15) is 0 Å². The van der Waals surface area contributed by atoms with E-state index >= 15 is 0 Å². The van der Waals surface area contributed by atoms with Crippen molar-refractivity contribution in [2.45, 2.75) is 38.1 Å². The molecule has 0 bridgehead atoms. The first-order valence-corrected chi connectivity index (χ1v) is 10.2. The Hall–Kier alpha value is -2.08. The van der Waals surface area contributed by atoms with Gasteiger partial charge in [-0.15, -0.1) is 0 Å². The second kappa shape index (κ2) is 9.41. The second-order valence-electron chi connectivity index (χ2n) is 7.61. The van der Waals surface area contributed by atoms with Crippen LogP contribution in [0, 0.1) is 0 Å². The first-order valence-electron chi connectivity index (χ1n) is 10.2. The molecule has 2 aromatic carbocycles. The summed E-state index contributed by atoms with van der Waals surface area (Å²) in [5.74, 6) is 1.54. The van der Waals surface area contributed by atoms with Crippen molar-refractivity contribution < 1.29 is 14.2 Å². The van der Waals surface area contributed by atoms with Gasteiger partial charge in [0.15, 0.2) is 11.5 Å². The highest BCUT2D eigenvalue weighted by Gasteiger charge is 2.32. The van der Waals surface area contributed by atoms with Crippen molar-refractivity contribution in [1.29, 1.82) is 0 Å². The zero-order valence-electron chi connectivity index (χ0n) is 16.6. The van der Waals surface area contributed by atoms with Crippen molar-refractivity contribution in [1.82, 2.24) is 10.2 Å². The van der Waals surface area contributed by atoms with Crippen LogP contribution >= 0.6 is 0 Å². The molecule has 0 aromatic heterocycles. The van der Waals surface area contributed by atoms with E-state index in [1.165, 1.54) is 18.4 Å². The Morgan fingerprint density at radius 1 is 1.07 bits per heavy atom. The molecule has 4 rings (SSSR count). The SMILES string of the molecule is COc1ccc(CNCC2CN(C3CC3)CCO2)cc1OCc1ccccc1. The summed E-state index contributed by atoms with van der Waals surface area (Å²) < 4.78 is 17.4. The normalized spacial score (nSPS) is 20.1. The molecule has 5 nitrogen and oxygen atoms in total. The molecule has 1 heterocycles. The fraction of sp³-hybridized carbons (Fsp3) is 0.478. The standard InChI is InChI=1S/C23H30N2O3/c1-26-22-10-7-19(13-23(22)28-17-18-5-3-2-4-6-18)14-24-15-21-16-25(11-12-27-21)20-8-9-20/h2-7,10,13,20-21,24H,8-9,11-12,14-17H2,1H3. The van der Waals surface area contributed by atoms with Crippen LogP contribution in [0.4, 0.5) is 0 Å². The Kier molecular flexibility index (Phi) is 6.47. The maximum Gasteiger partial charge on any atom is 0.161 e. The fourth-order valence-corrected chi connectivity index (χ4v) is 3.69. The lowest BCUT2D eigenvalue weighted by molar-refractivity contribution is -0.0301. The van der Waals surface area contributed by atoms with E-state index in [9.17, 15) is 0 Å². The largest absolute Gasteiger partial charge is 0.493 e. The summed E-state index contributed by atoms with van der Waals surface area (Å²) in [4.78, 5) is 2.58. The highest BCUT2D eigenvalue weighted by molar-refractivity contribution is 5.43. The molecule has 1 saturated heterocycles. The van der Waals surface area contributed by atoms with Crippen LogP contribution in [-0.4, -0.2) is 50.4 Å². The summed E-state index contributed by atoms with van der Waals surface area (Å²) in [6.45, 7) is 5.17. The minimum Gasteiger partial charge on any atom is -0.493 e. The molecule has 0 amide bonds. The van der Waals surface area contributed by atoms with E-state index in [0.717, 1.165) is 55.9 Å². The Bertz CT molecular complexity index is 749. The fourth-order valence-electron chi connectivity index (χ4n) is 3.69. The van der Waals surface area contributed by atoms with Crippen molar-refractivity contribution in [2.24, 2.45) is 0 Å². The lowest BCUT2D eigenvalue weighted by Gasteiger charge is -2.33. The third-order valence-corrected chi connectivity index (χ3v) is 5.40. The van der Waals surface area contributed by atoms with Gasteiger partial charge in [0.2, 0.25) is 0 Å². The van der Waals surface area contributed by atoms with Gasteiger partial charge < -0.3 is 19.5 Å². The van der Waals surface area contributed by atoms with Crippen molar-refractivity contribution in [3.63, 3.8) is 0 Å². The summed E-state index contributed by atoms with van der Waals surface area (Å²) in [7, 11) is 1.68. The van der Waals surface area contributed by atoms with E-state index in [1.807, 2.05) is 24.3 Å². The molecule has 0 spiro atoms. The van der Waals surface area contributed by atoms with Crippen LogP contribution in [0.1, 0.15) is 24.0 Å². The highest BCUT2D eigenvalue weighted by atomic mass is 16.5. The summed E-state index contributed by atoms with van der Waals surface area (Å²) >= 11 is 0. The number of rotatable bonds is 9. The maximum atomic E-state index is 6.01. The summed E-state index contributed by atoms with van der Waals surface area (Å²) in [6.07, 6.45) is 3.00. The molecule has 1 N–H and O–H groups in total. The van der Waals surface area contributed by atoms with E-state index in [0.29, 0.717) is 6.61 Å². The third kappa shape index (κ3) is 5.25. The van der Waals surface area contributed by atoms with Crippen molar-refractivity contribution in [3.8, 4) is 11.5 Å². The van der Waals surface area contributed by atoms with E-state index < -0.39 is 0 Å². The van der Waals surface area contributed by atoms with Crippen LogP contribution in [0.3, 0.4) is 0 Å². The summed E-state index contributed by atoms with van der Waals surface area (Å²) in [5, 5.41) is 3.54. The van der Waals surface area contributed by atoms with E-state index in [-0.39, 0.29) is 6.10 Å². The first-order chi connectivity index (χ1) is 13.8. The molecular weight excluding hydrogens is 352 g/mol. The molecule has 28 heavy (non-hydrogen) atoms. The first kappa shape index (κ1) is 19.2. The summed E-state index contributed by atoms with van der Waals surface area (Å²) in [5.41, 5.74) is 2.32. The lowest BCUT2D eigenvalue weighted by atomic mass is 10.2. The Morgan fingerprint density at radius 2 is 1.93 bits per heavy atom. The molecule has 150 valence electrons. The van der Waals surface area contributed by atoms with Crippen molar-refractivity contribution in [2.75, 3.05) is 33.4 Å². The van der Waals surface area contributed by atoms with Crippen molar-refractivity contribution >= 4 is 0 Å². The average molecular weight is 383 g/mol. The van der Waals surface area contributed by atoms with Crippen molar-refractivity contribution in [3.05, 3.63) is 59.7 Å². The van der Waals surface area contributed by atoms with Crippen LogP contribution < -0.4 is 14.8 Å². The third-order valence-electron chi connectivity index (χ3n) is 5.40. The van der Waals surface area contributed by atoms with Crippen LogP contribution in [0.15, 0.2) is 48.5 Å². The van der Waals surface area contributed by atoms with Crippen LogP contribution in [0.25, 0.3) is 0 Å². The average Bonchev–Trinajstić information content (AvgIpc) is 3.59. The number of morpholine rings is 1. The predicted molar refractivity (Wildman–Crippen MR) is 110 cm³/mol. The lowest BCUT2D eigenvalue weighted by Crippen LogP contribution is -2.47. The number of nitrogens with zero attached hydrogens (tertiary/aromatic N) is 1. The number of methoxy groups -OCH3 is 1. The number of hydrogen-bond donors (Lipinski definition) is 1. The molecule has 5 heteroatoms. The Balaban J connectivity index is 1.29. The molecule has 1 unspecified atom stereocenters. The van der Waals surface area contributed by atoms with Gasteiger partial charge in [0.05, 0.1) is 19.8 Å². The Labute approximate surface area is 167 Å². The van der Waals surface area contributed by atoms with Gasteiger partial charge in [0.1, 0.15) is 6.61 Å². The number of hydrogen-bond acceptors (Lipinski definition) is 5. The minimum atomic E-state index is 0.279. The minimum absolute atomic E-state index is 0.279. The van der Waals surface area contributed by atoms with Crippen LogP contribution in [0.2, 0.25) is 0 Å². The van der Waals surface area contributed by atoms with Gasteiger partial charge in [0.25, 0.3) is 0 Å². The molecule has 1 saturated carbocycles. The molecule has 2 aliphatic rings. The molecule has 0 radical (unpaired) electrons. The predicted octanol–water partition coefficient (Wildman–Crippen LogP) is 3.23. The van der Waals surface area contributed by atoms with E-state index in [1.54, 1.807) is 7.11 Å². The second-order valence-corrected chi connectivity index (χ2v) is 7.61. The summed E-state index contributed by atoms with van der Waals surface area (Å²) in [6, 6.07) is 17.1. The zero-order chi connectivity index (χ0) is 19.2. The number of benzene rings is 2. The molecular formula is C23H30N2O3. The van der Waals surface area contributed by atoms with Gasteiger partial charge >= 0.3 is 0 Å². The van der Waals surface area contributed by atoms with E-state index in [4.69, 9.17) is 14.2 Å². The van der Waals surface area contributed by atoms with Gasteiger partial charge in [-0.05, 0) is 36.1 Å². The topological polar surface area (TPSA) is 43.0 Å². The van der Waals surface area contributed by atoms with Gasteiger partial charge in [-0.25, -0.2) is 0 Å². The molecule has 2 fully saturated rings. The monoisotopic (exact) mass is 382 g/mol. The number of nitrogens with one attached hydrogen (secondary N) is 1. The number of ether oxygens (including phenoxy) is 3. The maximum absolute atomic E-state index is 6.01. The van der Waals surface area contributed by atoms with Crippen LogP contribution in [0.5, 0.6) is 11.5 Å². The van der Waals surface area contributed by atoms with E-state index in [2.05, 4.69) is 34.5 Å². The van der Waals surface area contributed by atoms with Gasteiger partial charge in [-0.3, -0.25) is 4.90 Å². The zero-order valence-corrected chi connectivity index (χ0v) is 16.6. The molecule has 1 aliphatic carbocycles.